The fourth-order valence-corrected chi connectivity index (χ4v) is 3.73. The zero-order valence-electron chi connectivity index (χ0n) is 20.8. The van der Waals surface area contributed by atoms with Gasteiger partial charge in [-0.25, -0.2) is 8.78 Å². The lowest BCUT2D eigenvalue weighted by molar-refractivity contribution is -0.112. The van der Waals surface area contributed by atoms with Gasteiger partial charge in [-0.05, 0) is 41.8 Å². The predicted octanol–water partition coefficient (Wildman–Crippen LogP) is 3.74. The van der Waals surface area contributed by atoms with Crippen LogP contribution in [0.5, 0.6) is 5.75 Å². The van der Waals surface area contributed by atoms with Gasteiger partial charge < -0.3 is 24.1 Å². The highest BCUT2D eigenvalue weighted by Gasteiger charge is 2.27. The van der Waals surface area contributed by atoms with E-state index in [2.05, 4.69) is 4.98 Å². The third kappa shape index (κ3) is 7.08. The molecule has 0 aliphatic carbocycles. The summed E-state index contributed by atoms with van der Waals surface area (Å²) in [6.07, 6.45) is 0.730. The maximum Gasteiger partial charge on any atom is 0.274 e. The Kier molecular flexibility index (Phi) is 9.64. The smallest absolute Gasteiger partial charge is 0.274 e. The van der Waals surface area contributed by atoms with Crippen LogP contribution >= 0.6 is 0 Å². The van der Waals surface area contributed by atoms with Crippen molar-refractivity contribution in [2.24, 2.45) is 0 Å². The molecule has 0 saturated heterocycles. The van der Waals surface area contributed by atoms with Crippen molar-refractivity contribution in [3.8, 4) is 5.75 Å². The van der Waals surface area contributed by atoms with Gasteiger partial charge in [-0.15, -0.1) is 0 Å². The summed E-state index contributed by atoms with van der Waals surface area (Å²) >= 11 is 0. The Morgan fingerprint density at radius 3 is 2.03 bits per heavy atom. The van der Waals surface area contributed by atoms with Gasteiger partial charge in [0.1, 0.15) is 11.6 Å². The first-order valence-corrected chi connectivity index (χ1v) is 11.4. The number of hydrogen-bond acceptors (Lipinski definition) is 6. The second-order valence-electron chi connectivity index (χ2n) is 8.20. The molecule has 0 aliphatic rings. The van der Waals surface area contributed by atoms with Crippen molar-refractivity contribution < 1.29 is 32.6 Å². The van der Waals surface area contributed by atoms with E-state index in [9.17, 15) is 23.2 Å². The quantitative estimate of drug-likeness (QED) is 0.292. The fourth-order valence-electron chi connectivity index (χ4n) is 3.73. The molecule has 2 aromatic carbocycles. The number of amides is 1. The summed E-state index contributed by atoms with van der Waals surface area (Å²) in [5.74, 6) is -2.17. The molecule has 8 nitrogen and oxygen atoms in total. The Hall–Kier alpha value is -3.89. The Morgan fingerprint density at radius 2 is 1.49 bits per heavy atom. The lowest BCUT2D eigenvalue weighted by atomic mass is 10.0. The summed E-state index contributed by atoms with van der Waals surface area (Å²) in [5, 5.41) is 0. The van der Waals surface area contributed by atoms with Crippen LogP contribution in [-0.4, -0.2) is 55.7 Å². The van der Waals surface area contributed by atoms with Crippen molar-refractivity contribution in [2.75, 3.05) is 27.9 Å². The third-order valence-corrected chi connectivity index (χ3v) is 5.78. The maximum absolute atomic E-state index is 13.5. The summed E-state index contributed by atoms with van der Waals surface area (Å²) in [7, 11) is 4.07. The van der Waals surface area contributed by atoms with Crippen LogP contribution in [0.3, 0.4) is 0 Å². The summed E-state index contributed by atoms with van der Waals surface area (Å²) in [6.45, 7) is 0.0542. The number of nitrogens with zero attached hydrogens (tertiary/aromatic N) is 1. The molecule has 0 bridgehead atoms. The van der Waals surface area contributed by atoms with Crippen LogP contribution in [0.15, 0.2) is 59.5 Å². The van der Waals surface area contributed by atoms with Gasteiger partial charge in [0, 0.05) is 33.4 Å². The average Bonchev–Trinajstić information content (AvgIpc) is 2.91. The topological polar surface area (TPSA) is 97.9 Å². The Morgan fingerprint density at radius 1 is 0.919 bits per heavy atom. The number of methoxy groups -OCH3 is 3. The number of nitrogens with one attached hydrogen (secondary N) is 1. The molecule has 1 aromatic heterocycles. The SMILES string of the molecule is COc1c(C(=O)N(Cc2ccc(F)cc2)CC(OC)OC)[nH]cc(C(=O)CCc2ccc(F)cc2)c1=O. The number of ether oxygens (including phenoxy) is 3. The monoisotopic (exact) mass is 514 g/mol. The minimum absolute atomic E-state index is 0.00517. The number of ketones is 1. The van der Waals surface area contributed by atoms with Crippen LogP contribution in [0.25, 0.3) is 0 Å². The number of aryl methyl sites for hydroxylation is 1. The summed E-state index contributed by atoms with van der Waals surface area (Å²) < 4.78 is 42.2. The van der Waals surface area contributed by atoms with E-state index in [0.717, 1.165) is 5.56 Å². The Bertz CT molecular complexity index is 1270. The number of aromatic nitrogens is 1. The molecule has 1 N–H and O–H groups in total. The van der Waals surface area contributed by atoms with Gasteiger partial charge in [0.2, 0.25) is 5.43 Å². The molecule has 37 heavy (non-hydrogen) atoms. The van der Waals surface area contributed by atoms with Crippen LogP contribution in [-0.2, 0) is 22.4 Å². The molecule has 3 aromatic rings. The average molecular weight is 515 g/mol. The molecule has 0 atom stereocenters. The summed E-state index contributed by atoms with van der Waals surface area (Å²) in [6, 6.07) is 11.3. The molecule has 0 radical (unpaired) electrons. The maximum atomic E-state index is 13.5. The van der Waals surface area contributed by atoms with Crippen molar-refractivity contribution in [3.05, 3.63) is 99.0 Å². The van der Waals surface area contributed by atoms with Crippen LogP contribution < -0.4 is 10.2 Å². The van der Waals surface area contributed by atoms with E-state index < -0.39 is 29.2 Å². The van der Waals surface area contributed by atoms with E-state index in [4.69, 9.17) is 14.2 Å². The fraction of sp³-hybridized carbons (Fsp3) is 0.296. The number of rotatable bonds is 12. The highest BCUT2D eigenvalue weighted by molar-refractivity contribution is 5.99. The van der Waals surface area contributed by atoms with Crippen LogP contribution in [0.4, 0.5) is 8.78 Å². The highest BCUT2D eigenvalue weighted by atomic mass is 19.1. The molecular weight excluding hydrogens is 486 g/mol. The van der Waals surface area contributed by atoms with E-state index in [-0.39, 0.29) is 42.3 Å². The second kappa shape index (κ2) is 12.9. The number of pyridine rings is 1. The highest BCUT2D eigenvalue weighted by Crippen LogP contribution is 2.18. The number of Topliss-reactive ketones (excluding diaryl/α,β-unsaturated/α-hetero) is 1. The molecular formula is C27H28F2N2O6. The minimum atomic E-state index is -0.769. The van der Waals surface area contributed by atoms with E-state index in [1.54, 1.807) is 12.1 Å². The van der Waals surface area contributed by atoms with Gasteiger partial charge in [-0.2, -0.15) is 0 Å². The van der Waals surface area contributed by atoms with Gasteiger partial charge in [-0.1, -0.05) is 24.3 Å². The lowest BCUT2D eigenvalue weighted by Gasteiger charge is -2.27. The standard InChI is InChI=1S/C27H28F2N2O6/c1-35-23(36-2)16-31(15-18-6-11-20(29)12-7-18)27(34)24-26(37-3)25(33)21(14-30-24)22(32)13-8-17-4-9-19(28)10-5-17/h4-7,9-12,14,23H,8,13,15-16H2,1-3H3,(H,30,33). The summed E-state index contributed by atoms with van der Waals surface area (Å²) in [4.78, 5) is 43.5. The van der Waals surface area contributed by atoms with E-state index in [1.165, 1.54) is 68.8 Å². The Labute approximate surface area is 212 Å². The normalized spacial score (nSPS) is 11.0. The molecule has 196 valence electrons. The number of aromatic amines is 1. The van der Waals surface area contributed by atoms with Gasteiger partial charge >= 0.3 is 0 Å². The first-order valence-electron chi connectivity index (χ1n) is 11.4. The first-order chi connectivity index (χ1) is 17.8. The number of benzene rings is 2. The predicted molar refractivity (Wildman–Crippen MR) is 132 cm³/mol. The molecule has 3 rings (SSSR count). The molecule has 0 aliphatic heterocycles. The van der Waals surface area contributed by atoms with Crippen molar-refractivity contribution >= 4 is 11.7 Å². The number of carbonyl (C=O) groups is 2. The molecule has 0 spiro atoms. The largest absolute Gasteiger partial charge is 0.491 e. The van der Waals surface area contributed by atoms with Gasteiger partial charge in [0.05, 0.1) is 19.2 Å². The second-order valence-corrected chi connectivity index (χ2v) is 8.20. The zero-order valence-corrected chi connectivity index (χ0v) is 20.8. The van der Waals surface area contributed by atoms with Crippen LogP contribution in [0.1, 0.15) is 38.4 Å². The molecule has 10 heteroatoms. The van der Waals surface area contributed by atoms with Crippen LogP contribution in [0.2, 0.25) is 0 Å². The zero-order chi connectivity index (χ0) is 26.9. The van der Waals surface area contributed by atoms with Crippen molar-refractivity contribution in [3.63, 3.8) is 0 Å². The van der Waals surface area contributed by atoms with E-state index in [0.29, 0.717) is 12.0 Å². The van der Waals surface area contributed by atoms with Crippen LogP contribution in [0, 0.1) is 11.6 Å². The molecule has 1 amide bonds. The molecule has 0 saturated carbocycles. The lowest BCUT2D eigenvalue weighted by Crippen LogP contribution is -2.39. The van der Waals surface area contributed by atoms with Gasteiger partial charge in [0.25, 0.3) is 5.91 Å². The van der Waals surface area contributed by atoms with E-state index >= 15 is 0 Å². The number of H-pyrrole nitrogens is 1. The number of halogens is 2. The molecule has 0 fully saturated rings. The molecule has 1 heterocycles. The van der Waals surface area contributed by atoms with Crippen molar-refractivity contribution in [2.45, 2.75) is 25.7 Å². The summed E-state index contributed by atoms with van der Waals surface area (Å²) in [5.41, 5.74) is 0.329. The first kappa shape index (κ1) is 27.7. The number of carbonyl (C=O) groups excluding carboxylic acids is 2. The number of hydrogen-bond donors (Lipinski definition) is 1. The Balaban J connectivity index is 1.87. The van der Waals surface area contributed by atoms with E-state index in [1.807, 2.05) is 0 Å². The van der Waals surface area contributed by atoms with Gasteiger partial charge in [0.15, 0.2) is 23.5 Å². The van der Waals surface area contributed by atoms with Crippen molar-refractivity contribution in [1.29, 1.82) is 0 Å². The van der Waals surface area contributed by atoms with Gasteiger partial charge in [-0.3, -0.25) is 14.4 Å². The molecule has 0 unspecified atom stereocenters. The minimum Gasteiger partial charge on any atom is -0.491 e. The van der Waals surface area contributed by atoms with Crippen molar-refractivity contribution in [1.82, 2.24) is 9.88 Å². The third-order valence-electron chi connectivity index (χ3n) is 5.78.